The molecule has 0 saturated carbocycles. The number of hydrogen-bond donors (Lipinski definition) is 0. The number of ether oxygens (including phenoxy) is 4. The molecule has 0 aromatic rings. The molecule has 2 fully saturated rings. The molecule has 0 N–H and O–H groups in total. The van der Waals surface area contributed by atoms with Gasteiger partial charge >= 0.3 is 0 Å². The fourth-order valence-electron chi connectivity index (χ4n) is 2.19. The Bertz CT molecular complexity index is 369. The van der Waals surface area contributed by atoms with Crippen molar-refractivity contribution in [2.75, 3.05) is 12.5 Å². The molecule has 2 saturated heterocycles. The molecule has 0 amide bonds. The predicted octanol–water partition coefficient (Wildman–Crippen LogP) is 1.90. The molecular weight excluding hydrogens is 256 g/mol. The maximum absolute atomic E-state index is 5.86. The monoisotopic (exact) mass is 274 g/mol. The van der Waals surface area contributed by atoms with E-state index >= 15 is 0 Å². The van der Waals surface area contributed by atoms with Crippen LogP contribution >= 0.6 is 11.6 Å². The minimum Gasteiger partial charge on any atom is -0.348 e. The van der Waals surface area contributed by atoms with E-state index < -0.39 is 11.6 Å². The van der Waals surface area contributed by atoms with Gasteiger partial charge in [-0.15, -0.1) is 11.6 Å². The Morgan fingerprint density at radius 3 is 2.39 bits per heavy atom. The highest BCUT2D eigenvalue weighted by atomic mass is 35.5. The first-order valence-electron chi connectivity index (χ1n) is 6.05. The van der Waals surface area contributed by atoms with Gasteiger partial charge < -0.3 is 18.9 Å². The Morgan fingerprint density at radius 2 is 1.83 bits per heavy atom. The van der Waals surface area contributed by atoms with Crippen molar-refractivity contribution in [3.8, 4) is 11.8 Å². The van der Waals surface area contributed by atoms with E-state index in [1.54, 1.807) is 0 Å². The molecule has 2 rings (SSSR count). The Morgan fingerprint density at radius 1 is 1.11 bits per heavy atom. The van der Waals surface area contributed by atoms with Crippen LogP contribution in [0.25, 0.3) is 0 Å². The zero-order valence-corrected chi connectivity index (χ0v) is 11.9. The lowest BCUT2D eigenvalue weighted by Crippen LogP contribution is -2.37. The minimum atomic E-state index is -0.660. The highest BCUT2D eigenvalue weighted by Gasteiger charge is 2.49. The topological polar surface area (TPSA) is 36.9 Å². The highest BCUT2D eigenvalue weighted by Crippen LogP contribution is 2.35. The van der Waals surface area contributed by atoms with Crippen LogP contribution in [-0.2, 0) is 18.9 Å². The number of hydrogen-bond acceptors (Lipinski definition) is 4. The molecule has 5 heteroatoms. The lowest BCUT2D eigenvalue weighted by Gasteiger charge is -2.22. The molecule has 0 aliphatic carbocycles. The van der Waals surface area contributed by atoms with Crippen molar-refractivity contribution in [1.82, 2.24) is 0 Å². The molecular formula is C13H19ClO4. The van der Waals surface area contributed by atoms with Crippen molar-refractivity contribution in [1.29, 1.82) is 0 Å². The summed E-state index contributed by atoms with van der Waals surface area (Å²) in [6.07, 6.45) is -0.754. The SMILES string of the molecule is CC1(C)O[C@H]([C@H]2COC(C)(C)O2)[C@@H](C#CCCl)O1. The van der Waals surface area contributed by atoms with Crippen molar-refractivity contribution in [2.24, 2.45) is 0 Å². The molecule has 0 unspecified atom stereocenters. The Balaban J connectivity index is 2.10. The smallest absolute Gasteiger partial charge is 0.165 e. The first kappa shape index (κ1) is 14.1. The van der Waals surface area contributed by atoms with Gasteiger partial charge in [-0.3, -0.25) is 0 Å². The van der Waals surface area contributed by atoms with Crippen LogP contribution in [0, 0.1) is 11.8 Å². The summed E-state index contributed by atoms with van der Waals surface area (Å²) >= 11 is 5.58. The predicted molar refractivity (Wildman–Crippen MR) is 67.2 cm³/mol. The lowest BCUT2D eigenvalue weighted by atomic mass is 10.1. The molecule has 0 spiro atoms. The molecule has 0 aromatic carbocycles. The van der Waals surface area contributed by atoms with E-state index in [1.165, 1.54) is 0 Å². The number of alkyl halides is 1. The zero-order chi connectivity index (χ0) is 13.4. The number of rotatable bonds is 1. The Kier molecular flexibility index (Phi) is 3.91. The van der Waals surface area contributed by atoms with Crippen molar-refractivity contribution in [3.63, 3.8) is 0 Å². The maximum atomic E-state index is 5.86. The maximum Gasteiger partial charge on any atom is 0.165 e. The third-order valence-electron chi connectivity index (χ3n) is 2.84. The normalized spacial score (nSPS) is 37.3. The van der Waals surface area contributed by atoms with Crippen molar-refractivity contribution < 1.29 is 18.9 Å². The molecule has 2 aliphatic rings. The van der Waals surface area contributed by atoms with E-state index in [-0.39, 0.29) is 24.2 Å². The quantitative estimate of drug-likeness (QED) is 0.541. The summed E-state index contributed by atoms with van der Waals surface area (Å²) < 4.78 is 23.0. The first-order chi connectivity index (χ1) is 8.33. The van der Waals surface area contributed by atoms with Crippen LogP contribution in [0.3, 0.4) is 0 Å². The van der Waals surface area contributed by atoms with Gasteiger partial charge in [0.25, 0.3) is 0 Å². The molecule has 0 aromatic heterocycles. The van der Waals surface area contributed by atoms with E-state index in [4.69, 9.17) is 30.5 Å². The van der Waals surface area contributed by atoms with Gasteiger partial charge in [-0.2, -0.15) is 0 Å². The summed E-state index contributed by atoms with van der Waals surface area (Å²) in [5.41, 5.74) is 0. The molecule has 102 valence electrons. The van der Waals surface area contributed by atoms with Gasteiger partial charge in [0.2, 0.25) is 0 Å². The summed E-state index contributed by atoms with van der Waals surface area (Å²) in [6.45, 7) is 7.98. The van der Waals surface area contributed by atoms with Crippen LogP contribution in [-0.4, -0.2) is 42.4 Å². The van der Waals surface area contributed by atoms with E-state index in [9.17, 15) is 0 Å². The molecule has 4 nitrogen and oxygen atoms in total. The van der Waals surface area contributed by atoms with E-state index in [0.29, 0.717) is 6.61 Å². The van der Waals surface area contributed by atoms with Crippen molar-refractivity contribution in [2.45, 2.75) is 57.6 Å². The molecule has 2 heterocycles. The summed E-state index contributed by atoms with van der Waals surface area (Å²) in [7, 11) is 0. The Labute approximate surface area is 113 Å². The van der Waals surface area contributed by atoms with Crippen LogP contribution in [0.1, 0.15) is 27.7 Å². The minimum absolute atomic E-state index is 0.170. The third-order valence-corrected chi connectivity index (χ3v) is 2.97. The highest BCUT2D eigenvalue weighted by molar-refractivity contribution is 6.19. The van der Waals surface area contributed by atoms with Gasteiger partial charge in [0, 0.05) is 0 Å². The summed E-state index contributed by atoms with van der Waals surface area (Å²) in [4.78, 5) is 0. The molecule has 18 heavy (non-hydrogen) atoms. The third kappa shape index (κ3) is 3.17. The second kappa shape index (κ2) is 4.99. The van der Waals surface area contributed by atoms with E-state index in [0.717, 1.165) is 0 Å². The van der Waals surface area contributed by atoms with E-state index in [1.807, 2.05) is 27.7 Å². The average molecular weight is 275 g/mol. The van der Waals surface area contributed by atoms with Crippen LogP contribution in [0.2, 0.25) is 0 Å². The van der Waals surface area contributed by atoms with Gasteiger partial charge in [-0.05, 0) is 27.7 Å². The molecule has 3 atom stereocenters. The molecule has 2 aliphatic heterocycles. The van der Waals surface area contributed by atoms with Crippen LogP contribution in [0.5, 0.6) is 0 Å². The fraction of sp³-hybridized carbons (Fsp3) is 0.846. The number of halogens is 1. The summed E-state index contributed by atoms with van der Waals surface area (Å²) in [5, 5.41) is 0. The first-order valence-corrected chi connectivity index (χ1v) is 6.58. The standard InChI is InChI=1S/C13H19ClO4/c1-12(2)15-8-10(17-12)11-9(6-5-7-14)16-13(3,4)18-11/h9-11H,7-8H2,1-4H3/t9-,10-,11+/m1/s1. The lowest BCUT2D eigenvalue weighted by molar-refractivity contribution is -0.174. The molecule has 0 bridgehead atoms. The van der Waals surface area contributed by atoms with Crippen LogP contribution < -0.4 is 0 Å². The van der Waals surface area contributed by atoms with Gasteiger partial charge in [-0.1, -0.05) is 11.8 Å². The largest absolute Gasteiger partial charge is 0.348 e. The van der Waals surface area contributed by atoms with Gasteiger partial charge in [0.1, 0.15) is 18.3 Å². The van der Waals surface area contributed by atoms with Crippen LogP contribution in [0.4, 0.5) is 0 Å². The summed E-state index contributed by atoms with van der Waals surface area (Å²) in [6, 6.07) is 0. The zero-order valence-electron chi connectivity index (χ0n) is 11.2. The summed E-state index contributed by atoms with van der Waals surface area (Å²) in [5.74, 6) is 4.83. The second-order valence-corrected chi connectivity index (χ2v) is 5.61. The van der Waals surface area contributed by atoms with Gasteiger partial charge in [-0.25, -0.2) is 0 Å². The van der Waals surface area contributed by atoms with Crippen LogP contribution in [0.15, 0.2) is 0 Å². The van der Waals surface area contributed by atoms with Gasteiger partial charge in [0.15, 0.2) is 11.6 Å². The van der Waals surface area contributed by atoms with Crippen molar-refractivity contribution >= 4 is 11.6 Å². The Hall–Kier alpha value is -0.310. The average Bonchev–Trinajstić information content (AvgIpc) is 2.75. The van der Waals surface area contributed by atoms with Crippen molar-refractivity contribution in [3.05, 3.63) is 0 Å². The van der Waals surface area contributed by atoms with Gasteiger partial charge in [0.05, 0.1) is 12.5 Å². The van der Waals surface area contributed by atoms with E-state index in [2.05, 4.69) is 11.8 Å². The second-order valence-electron chi connectivity index (χ2n) is 5.34. The molecule has 0 radical (unpaired) electrons. The fourth-order valence-corrected chi connectivity index (χ4v) is 2.27.